The van der Waals surface area contributed by atoms with Crippen LogP contribution in [0.3, 0.4) is 0 Å². The minimum atomic E-state index is -0.521. The Morgan fingerprint density at radius 3 is 2.84 bits per heavy atom. The van der Waals surface area contributed by atoms with Gasteiger partial charge in [-0.1, -0.05) is 36.4 Å². The molecule has 0 spiro atoms. The van der Waals surface area contributed by atoms with E-state index < -0.39 is 5.91 Å². The number of nitrogens with one attached hydrogen (secondary N) is 1. The number of carbonyl (C=O) groups is 1. The molecule has 0 saturated heterocycles. The molecule has 0 fully saturated rings. The number of hydrogen-bond donors (Lipinski definition) is 2. The normalized spacial score (nSPS) is 14.4. The summed E-state index contributed by atoms with van der Waals surface area (Å²) in [4.78, 5) is 13.7. The van der Waals surface area contributed by atoms with Crippen LogP contribution in [0.2, 0.25) is 0 Å². The molecule has 1 aromatic heterocycles. The number of fused-ring (bicyclic) bond motifs is 1. The molecule has 31 heavy (non-hydrogen) atoms. The van der Waals surface area contributed by atoms with E-state index in [4.69, 9.17) is 10.3 Å². The zero-order chi connectivity index (χ0) is 21.6. The summed E-state index contributed by atoms with van der Waals surface area (Å²) in [5.41, 5.74) is 8.73. The van der Waals surface area contributed by atoms with Crippen LogP contribution in [-0.2, 0) is 24.2 Å². The van der Waals surface area contributed by atoms with Gasteiger partial charge in [-0.2, -0.15) is 5.10 Å². The maximum absolute atomic E-state index is 11.2. The van der Waals surface area contributed by atoms with E-state index in [1.165, 1.54) is 22.8 Å². The van der Waals surface area contributed by atoms with Gasteiger partial charge in [-0.25, -0.2) is 10.2 Å². The van der Waals surface area contributed by atoms with E-state index in [0.717, 1.165) is 55.8 Å². The Bertz CT molecular complexity index is 1070. The summed E-state index contributed by atoms with van der Waals surface area (Å²) in [6.45, 7) is 5.08. The van der Waals surface area contributed by atoms with Gasteiger partial charge in [0.15, 0.2) is 0 Å². The molecule has 0 saturated carbocycles. The SMILES string of the molecule is Cc1nn(-c2ccccc2)cc1CCN1CCCc2cc(/C=C/C(=O)NO)ccc2C1. The fraction of sp³-hybridized carbons (Fsp3) is 0.280. The highest BCUT2D eigenvalue weighted by atomic mass is 16.5. The van der Waals surface area contributed by atoms with Crippen molar-refractivity contribution >= 4 is 12.0 Å². The van der Waals surface area contributed by atoms with Crippen LogP contribution in [0.4, 0.5) is 0 Å². The monoisotopic (exact) mass is 416 g/mol. The number of aryl methyl sites for hydroxylation is 2. The number of carbonyl (C=O) groups excluding carboxylic acids is 1. The van der Waals surface area contributed by atoms with Crippen LogP contribution in [0.15, 0.2) is 60.8 Å². The number of para-hydroxylation sites is 1. The lowest BCUT2D eigenvalue weighted by Gasteiger charge is -2.20. The number of benzene rings is 2. The Morgan fingerprint density at radius 1 is 1.19 bits per heavy atom. The maximum atomic E-state index is 11.2. The second-order valence-electron chi connectivity index (χ2n) is 7.99. The molecule has 1 amide bonds. The van der Waals surface area contributed by atoms with Crippen LogP contribution in [0.25, 0.3) is 11.8 Å². The van der Waals surface area contributed by atoms with E-state index in [2.05, 4.69) is 42.3 Å². The van der Waals surface area contributed by atoms with Gasteiger partial charge >= 0.3 is 0 Å². The average Bonchev–Trinajstić information content (AvgIpc) is 3.05. The summed E-state index contributed by atoms with van der Waals surface area (Å²) in [6.07, 6.45) is 8.33. The van der Waals surface area contributed by atoms with Gasteiger partial charge in [0.2, 0.25) is 0 Å². The van der Waals surface area contributed by atoms with E-state index in [1.54, 1.807) is 11.6 Å². The van der Waals surface area contributed by atoms with E-state index >= 15 is 0 Å². The zero-order valence-electron chi connectivity index (χ0n) is 17.8. The number of nitrogens with zero attached hydrogens (tertiary/aromatic N) is 3. The second kappa shape index (κ2) is 9.73. The van der Waals surface area contributed by atoms with Crippen molar-refractivity contribution in [2.75, 3.05) is 13.1 Å². The molecule has 160 valence electrons. The van der Waals surface area contributed by atoms with E-state index in [0.29, 0.717) is 0 Å². The van der Waals surface area contributed by atoms with Crippen LogP contribution in [0, 0.1) is 6.92 Å². The first-order chi connectivity index (χ1) is 15.1. The lowest BCUT2D eigenvalue weighted by Crippen LogP contribution is -2.25. The average molecular weight is 417 g/mol. The van der Waals surface area contributed by atoms with E-state index in [9.17, 15) is 4.79 Å². The van der Waals surface area contributed by atoms with Crippen LogP contribution in [-0.4, -0.2) is 38.9 Å². The van der Waals surface area contributed by atoms with Gasteiger partial charge in [0.1, 0.15) is 0 Å². The summed E-state index contributed by atoms with van der Waals surface area (Å²) in [7, 11) is 0. The van der Waals surface area contributed by atoms with Crippen molar-refractivity contribution in [3.63, 3.8) is 0 Å². The largest absolute Gasteiger partial charge is 0.299 e. The van der Waals surface area contributed by atoms with Crippen molar-refractivity contribution in [3.05, 3.63) is 88.8 Å². The van der Waals surface area contributed by atoms with Crippen molar-refractivity contribution in [2.24, 2.45) is 0 Å². The first-order valence-electron chi connectivity index (χ1n) is 10.7. The van der Waals surface area contributed by atoms with Crippen LogP contribution in [0.1, 0.15) is 34.4 Å². The molecule has 0 bridgehead atoms. The first kappa shape index (κ1) is 21.0. The first-order valence-corrected chi connectivity index (χ1v) is 10.7. The van der Waals surface area contributed by atoms with Crippen LogP contribution < -0.4 is 5.48 Å². The van der Waals surface area contributed by atoms with Gasteiger partial charge in [-0.15, -0.1) is 0 Å². The summed E-state index contributed by atoms with van der Waals surface area (Å²) >= 11 is 0. The van der Waals surface area contributed by atoms with Gasteiger partial charge in [0.25, 0.3) is 5.91 Å². The Kier molecular flexibility index (Phi) is 6.60. The van der Waals surface area contributed by atoms with E-state index in [-0.39, 0.29) is 0 Å². The molecule has 4 rings (SSSR count). The Morgan fingerprint density at radius 2 is 2.03 bits per heavy atom. The molecule has 1 aliphatic heterocycles. The molecule has 6 heteroatoms. The lowest BCUT2D eigenvalue weighted by atomic mass is 10.0. The quantitative estimate of drug-likeness (QED) is 0.365. The molecule has 0 unspecified atom stereocenters. The minimum Gasteiger partial charge on any atom is -0.299 e. The molecule has 0 radical (unpaired) electrons. The number of amides is 1. The molecule has 0 aliphatic carbocycles. The highest BCUT2D eigenvalue weighted by molar-refractivity contribution is 5.90. The highest BCUT2D eigenvalue weighted by Gasteiger charge is 2.16. The van der Waals surface area contributed by atoms with E-state index in [1.807, 2.05) is 28.9 Å². The fourth-order valence-electron chi connectivity index (χ4n) is 4.08. The molecule has 6 nitrogen and oxygen atoms in total. The molecule has 1 aliphatic rings. The zero-order valence-corrected chi connectivity index (χ0v) is 17.8. The smallest absolute Gasteiger partial charge is 0.267 e. The molecular formula is C25H28N4O2. The minimum absolute atomic E-state index is 0.521. The predicted molar refractivity (Wildman–Crippen MR) is 121 cm³/mol. The van der Waals surface area contributed by atoms with Crippen molar-refractivity contribution in [2.45, 2.75) is 32.7 Å². The molecular weight excluding hydrogens is 388 g/mol. The molecule has 2 heterocycles. The Hall–Kier alpha value is -3.22. The predicted octanol–water partition coefficient (Wildman–Crippen LogP) is 3.69. The third-order valence-corrected chi connectivity index (χ3v) is 5.80. The molecule has 2 N–H and O–H groups in total. The van der Waals surface area contributed by atoms with Gasteiger partial charge in [0.05, 0.1) is 11.4 Å². The summed E-state index contributed by atoms with van der Waals surface area (Å²) in [5.74, 6) is -0.521. The number of hydroxylamine groups is 1. The molecule has 2 aromatic carbocycles. The van der Waals surface area contributed by atoms with Gasteiger partial charge in [-0.05, 0) is 73.2 Å². The number of aromatic nitrogens is 2. The van der Waals surface area contributed by atoms with Crippen LogP contribution >= 0.6 is 0 Å². The Labute approximate surface area is 182 Å². The number of rotatable bonds is 6. The summed E-state index contributed by atoms with van der Waals surface area (Å²) in [5, 5.41) is 13.3. The number of hydrogen-bond acceptors (Lipinski definition) is 4. The molecule has 3 aromatic rings. The standard InChI is InChI=1S/C25H28N4O2/c1-19-22(18-29(26-19)24-7-3-2-4-8-24)13-15-28-14-5-6-21-16-20(9-11-23(21)17-28)10-12-25(30)27-31/h2-4,7-12,16,18,31H,5-6,13-15,17H2,1H3,(H,27,30)/b12-10+. The highest BCUT2D eigenvalue weighted by Crippen LogP contribution is 2.22. The lowest BCUT2D eigenvalue weighted by molar-refractivity contribution is -0.124. The maximum Gasteiger partial charge on any atom is 0.267 e. The van der Waals surface area contributed by atoms with Crippen molar-refractivity contribution in [1.29, 1.82) is 0 Å². The van der Waals surface area contributed by atoms with Crippen molar-refractivity contribution in [1.82, 2.24) is 20.2 Å². The summed E-state index contributed by atoms with van der Waals surface area (Å²) in [6, 6.07) is 16.5. The van der Waals surface area contributed by atoms with Crippen molar-refractivity contribution in [3.8, 4) is 5.69 Å². The second-order valence-corrected chi connectivity index (χ2v) is 7.99. The van der Waals surface area contributed by atoms with Crippen molar-refractivity contribution < 1.29 is 10.0 Å². The summed E-state index contributed by atoms with van der Waals surface area (Å²) < 4.78 is 1.97. The van der Waals surface area contributed by atoms with Crippen LogP contribution in [0.5, 0.6) is 0 Å². The van der Waals surface area contributed by atoms with Gasteiger partial charge < -0.3 is 0 Å². The van der Waals surface area contributed by atoms with Gasteiger partial charge in [-0.3, -0.25) is 14.9 Å². The fourth-order valence-corrected chi connectivity index (χ4v) is 4.08. The topological polar surface area (TPSA) is 70.4 Å². The third-order valence-electron chi connectivity index (χ3n) is 5.80. The Balaban J connectivity index is 1.41. The molecule has 0 atom stereocenters. The third kappa shape index (κ3) is 5.29. The van der Waals surface area contributed by atoms with Gasteiger partial charge in [0, 0.05) is 25.4 Å².